The highest BCUT2D eigenvalue weighted by Crippen LogP contribution is 2.27. The van der Waals surface area contributed by atoms with E-state index in [-0.39, 0.29) is 5.56 Å². The number of rotatable bonds is 4. The second kappa shape index (κ2) is 6.55. The summed E-state index contributed by atoms with van der Waals surface area (Å²) in [5.41, 5.74) is 1.37. The Morgan fingerprint density at radius 1 is 1.12 bits per heavy atom. The molecule has 0 unspecified atom stereocenters. The van der Waals surface area contributed by atoms with E-state index >= 15 is 0 Å². The molecular formula is C17H12Cl2N2O3. The fourth-order valence-corrected chi connectivity index (χ4v) is 2.77. The van der Waals surface area contributed by atoms with Crippen molar-refractivity contribution in [1.82, 2.24) is 4.98 Å². The van der Waals surface area contributed by atoms with Crippen LogP contribution in [0.5, 0.6) is 5.75 Å². The monoisotopic (exact) mass is 362 g/mol. The zero-order valence-electron chi connectivity index (χ0n) is 12.5. The van der Waals surface area contributed by atoms with E-state index in [4.69, 9.17) is 27.9 Å². The molecule has 24 heavy (non-hydrogen) atoms. The number of aromatic amines is 1. The van der Waals surface area contributed by atoms with Gasteiger partial charge in [0.2, 0.25) is 0 Å². The van der Waals surface area contributed by atoms with E-state index in [0.29, 0.717) is 32.4 Å². The van der Waals surface area contributed by atoms with Gasteiger partial charge < -0.3 is 15.0 Å². The van der Waals surface area contributed by atoms with E-state index in [1.807, 2.05) is 0 Å². The molecule has 2 aromatic carbocycles. The predicted molar refractivity (Wildman–Crippen MR) is 94.3 cm³/mol. The number of carbonyl (C=O) groups is 2. The normalized spacial score (nSPS) is 10.6. The first kappa shape index (κ1) is 16.4. The van der Waals surface area contributed by atoms with Crippen LogP contribution in [0.4, 0.5) is 5.69 Å². The van der Waals surface area contributed by atoms with E-state index < -0.39 is 11.7 Å². The van der Waals surface area contributed by atoms with Gasteiger partial charge in [-0.05, 0) is 30.3 Å². The minimum Gasteiger partial charge on any atom is -0.495 e. The molecule has 0 saturated carbocycles. The Morgan fingerprint density at radius 2 is 1.92 bits per heavy atom. The summed E-state index contributed by atoms with van der Waals surface area (Å²) in [6.07, 6.45) is 1.49. The third-order valence-corrected chi connectivity index (χ3v) is 4.03. The van der Waals surface area contributed by atoms with Crippen molar-refractivity contribution in [3.05, 3.63) is 58.2 Å². The Bertz CT molecular complexity index is 950. The fraction of sp³-hybridized carbons (Fsp3) is 0.0588. The number of ether oxygens (including phenoxy) is 1. The number of ketones is 1. The summed E-state index contributed by atoms with van der Waals surface area (Å²) in [6.45, 7) is 0. The number of halogens is 2. The minimum atomic E-state index is -0.757. The molecule has 1 aromatic heterocycles. The van der Waals surface area contributed by atoms with Gasteiger partial charge in [0.15, 0.2) is 0 Å². The molecule has 0 radical (unpaired) electrons. The topological polar surface area (TPSA) is 71.2 Å². The van der Waals surface area contributed by atoms with E-state index in [1.165, 1.54) is 19.4 Å². The van der Waals surface area contributed by atoms with Crippen LogP contribution in [0.1, 0.15) is 10.4 Å². The van der Waals surface area contributed by atoms with Crippen LogP contribution < -0.4 is 10.1 Å². The summed E-state index contributed by atoms with van der Waals surface area (Å²) in [5, 5.41) is 4.04. The number of methoxy groups -OCH3 is 1. The van der Waals surface area contributed by atoms with Crippen molar-refractivity contribution in [2.45, 2.75) is 0 Å². The number of carbonyl (C=O) groups excluding carboxylic acids is 2. The van der Waals surface area contributed by atoms with Gasteiger partial charge in [-0.25, -0.2) is 0 Å². The quantitative estimate of drug-likeness (QED) is 0.536. The van der Waals surface area contributed by atoms with E-state index in [1.54, 1.807) is 30.3 Å². The fourth-order valence-electron chi connectivity index (χ4n) is 2.34. The summed E-state index contributed by atoms with van der Waals surface area (Å²) in [6, 6.07) is 9.77. The number of H-pyrrole nitrogens is 1. The van der Waals surface area contributed by atoms with Gasteiger partial charge in [-0.3, -0.25) is 9.59 Å². The molecule has 0 aliphatic heterocycles. The van der Waals surface area contributed by atoms with Crippen molar-refractivity contribution >= 4 is 51.5 Å². The summed E-state index contributed by atoms with van der Waals surface area (Å²) in [5.74, 6) is -0.933. The lowest BCUT2D eigenvalue weighted by Crippen LogP contribution is -2.22. The first-order chi connectivity index (χ1) is 11.5. The third-order valence-electron chi connectivity index (χ3n) is 3.50. The van der Waals surface area contributed by atoms with E-state index in [9.17, 15) is 9.59 Å². The van der Waals surface area contributed by atoms with Crippen molar-refractivity contribution in [2.24, 2.45) is 0 Å². The molecule has 0 atom stereocenters. The summed E-state index contributed by atoms with van der Waals surface area (Å²) in [4.78, 5) is 27.5. The zero-order chi connectivity index (χ0) is 17.3. The van der Waals surface area contributed by atoms with Crippen LogP contribution in [0.3, 0.4) is 0 Å². The lowest BCUT2D eigenvalue weighted by Gasteiger charge is -2.07. The second-order valence-electron chi connectivity index (χ2n) is 5.02. The standard InChI is InChI=1S/C17H12Cl2N2O3/c1-24-15-5-3-10(7-13(15)19)21-17(23)16(22)12-8-20-14-6-9(18)2-4-11(12)14/h2-8,20H,1H3,(H,21,23). The van der Waals surface area contributed by atoms with E-state index in [0.717, 1.165) is 0 Å². The molecule has 0 fully saturated rings. The van der Waals surface area contributed by atoms with Gasteiger partial charge >= 0.3 is 0 Å². The number of aromatic nitrogens is 1. The van der Waals surface area contributed by atoms with Gasteiger partial charge in [-0.1, -0.05) is 29.3 Å². The molecule has 0 aliphatic rings. The summed E-state index contributed by atoms with van der Waals surface area (Å²) >= 11 is 11.9. The van der Waals surface area contributed by atoms with Crippen LogP contribution in [0.2, 0.25) is 10.0 Å². The summed E-state index contributed by atoms with van der Waals surface area (Å²) < 4.78 is 5.04. The maximum Gasteiger partial charge on any atom is 0.296 e. The first-order valence-corrected chi connectivity index (χ1v) is 7.71. The number of nitrogens with one attached hydrogen (secondary N) is 2. The Kier molecular flexibility index (Phi) is 4.46. The van der Waals surface area contributed by atoms with Gasteiger partial charge in [0, 0.05) is 27.8 Å². The molecular weight excluding hydrogens is 351 g/mol. The minimum absolute atomic E-state index is 0.277. The number of hydrogen-bond donors (Lipinski definition) is 2. The van der Waals surface area contributed by atoms with Crippen molar-refractivity contribution in [3.63, 3.8) is 0 Å². The third kappa shape index (κ3) is 3.09. The molecule has 0 aliphatic carbocycles. The van der Waals surface area contributed by atoms with Crippen LogP contribution in [-0.4, -0.2) is 23.8 Å². The van der Waals surface area contributed by atoms with Gasteiger partial charge in [-0.15, -0.1) is 0 Å². The lowest BCUT2D eigenvalue weighted by atomic mass is 10.1. The maximum absolute atomic E-state index is 12.4. The number of anilines is 1. The van der Waals surface area contributed by atoms with Gasteiger partial charge in [0.25, 0.3) is 11.7 Å². The molecule has 0 spiro atoms. The van der Waals surface area contributed by atoms with E-state index in [2.05, 4.69) is 10.3 Å². The highest BCUT2D eigenvalue weighted by atomic mass is 35.5. The van der Waals surface area contributed by atoms with Crippen LogP contribution in [0, 0.1) is 0 Å². The first-order valence-electron chi connectivity index (χ1n) is 6.95. The molecule has 7 heteroatoms. The molecule has 3 rings (SSSR count). The number of fused-ring (bicyclic) bond motifs is 1. The largest absolute Gasteiger partial charge is 0.495 e. The smallest absolute Gasteiger partial charge is 0.296 e. The lowest BCUT2D eigenvalue weighted by molar-refractivity contribution is -0.112. The Morgan fingerprint density at radius 3 is 2.62 bits per heavy atom. The van der Waals surface area contributed by atoms with Crippen LogP contribution in [0.25, 0.3) is 10.9 Å². The molecule has 3 aromatic rings. The van der Waals surface area contributed by atoms with Crippen molar-refractivity contribution in [1.29, 1.82) is 0 Å². The molecule has 1 amide bonds. The Balaban J connectivity index is 1.84. The molecule has 0 saturated heterocycles. The van der Waals surface area contributed by atoms with Gasteiger partial charge in [-0.2, -0.15) is 0 Å². The number of benzene rings is 2. The van der Waals surface area contributed by atoms with Crippen LogP contribution in [-0.2, 0) is 4.79 Å². The highest BCUT2D eigenvalue weighted by molar-refractivity contribution is 6.48. The van der Waals surface area contributed by atoms with Crippen molar-refractivity contribution in [2.75, 3.05) is 12.4 Å². The van der Waals surface area contributed by atoms with Gasteiger partial charge in [0.1, 0.15) is 5.75 Å². The second-order valence-corrected chi connectivity index (χ2v) is 5.87. The van der Waals surface area contributed by atoms with Crippen molar-refractivity contribution in [3.8, 4) is 5.75 Å². The average Bonchev–Trinajstić information content (AvgIpc) is 2.97. The number of Topliss-reactive ketones (excluding diaryl/α,β-unsaturated/α-hetero) is 1. The number of amides is 1. The molecule has 0 bridgehead atoms. The SMILES string of the molecule is COc1ccc(NC(=O)C(=O)c2c[nH]c3cc(Cl)ccc23)cc1Cl. The van der Waals surface area contributed by atoms with Crippen LogP contribution >= 0.6 is 23.2 Å². The summed E-state index contributed by atoms with van der Waals surface area (Å²) in [7, 11) is 1.49. The predicted octanol–water partition coefficient (Wildman–Crippen LogP) is 4.30. The van der Waals surface area contributed by atoms with Crippen molar-refractivity contribution < 1.29 is 14.3 Å². The average molecular weight is 363 g/mol. The molecule has 2 N–H and O–H groups in total. The van der Waals surface area contributed by atoms with Gasteiger partial charge in [0.05, 0.1) is 17.7 Å². The van der Waals surface area contributed by atoms with Crippen LogP contribution in [0.15, 0.2) is 42.6 Å². The number of hydrogen-bond acceptors (Lipinski definition) is 3. The molecule has 1 heterocycles. The Hall–Kier alpha value is -2.50. The zero-order valence-corrected chi connectivity index (χ0v) is 14.0. The molecule has 5 nitrogen and oxygen atoms in total. The molecule has 122 valence electrons. The Labute approximate surface area is 147 Å². The maximum atomic E-state index is 12.4. The highest BCUT2D eigenvalue weighted by Gasteiger charge is 2.20.